The Morgan fingerprint density at radius 3 is 2.25 bits per heavy atom. The first-order chi connectivity index (χ1) is 7.39. The van der Waals surface area contributed by atoms with E-state index in [-0.39, 0.29) is 0 Å². The highest BCUT2D eigenvalue weighted by molar-refractivity contribution is 4.98. The smallest absolute Gasteiger partial charge is 0.0249 e. The molecule has 0 bridgehead atoms. The van der Waals surface area contributed by atoms with E-state index < -0.39 is 0 Å². The minimum Gasteiger partial charge on any atom is -0.311 e. The minimum absolute atomic E-state index is 0.310. The molecule has 0 radical (unpaired) electrons. The Hall–Kier alpha value is -0.0800. The zero-order valence-corrected chi connectivity index (χ0v) is 11.6. The highest BCUT2D eigenvalue weighted by atomic mass is 15.3. The van der Waals surface area contributed by atoms with Gasteiger partial charge in [0, 0.05) is 30.7 Å². The SMILES string of the molecule is CC(C)C1CNC(C2CC2)CN1C(C)(C)C. The summed E-state index contributed by atoms with van der Waals surface area (Å²) in [7, 11) is 0. The summed E-state index contributed by atoms with van der Waals surface area (Å²) in [5.41, 5.74) is 0.310. The third-order valence-electron chi connectivity index (χ3n) is 4.21. The fraction of sp³-hybridized carbons (Fsp3) is 1.00. The summed E-state index contributed by atoms with van der Waals surface area (Å²) in [6, 6.07) is 1.46. The first kappa shape index (κ1) is 12.4. The van der Waals surface area contributed by atoms with Crippen LogP contribution in [-0.2, 0) is 0 Å². The lowest BCUT2D eigenvalue weighted by molar-refractivity contribution is 0.0160. The first-order valence-electron chi connectivity index (χ1n) is 6.89. The summed E-state index contributed by atoms with van der Waals surface area (Å²) in [4.78, 5) is 2.73. The van der Waals surface area contributed by atoms with Crippen LogP contribution in [0.5, 0.6) is 0 Å². The Labute approximate surface area is 101 Å². The van der Waals surface area contributed by atoms with Crippen molar-refractivity contribution in [3.8, 4) is 0 Å². The van der Waals surface area contributed by atoms with Gasteiger partial charge in [-0.2, -0.15) is 0 Å². The van der Waals surface area contributed by atoms with Crippen molar-refractivity contribution < 1.29 is 0 Å². The molecule has 1 N–H and O–H groups in total. The standard InChI is InChI=1S/C14H28N2/c1-10(2)13-8-15-12(11-6-7-11)9-16(13)14(3,4)5/h10-13,15H,6-9H2,1-5H3. The molecule has 1 saturated heterocycles. The fourth-order valence-electron chi connectivity index (χ4n) is 2.98. The van der Waals surface area contributed by atoms with Gasteiger partial charge in [-0.05, 0) is 45.4 Å². The Kier molecular flexibility index (Phi) is 3.33. The van der Waals surface area contributed by atoms with E-state index in [9.17, 15) is 0 Å². The van der Waals surface area contributed by atoms with E-state index in [1.54, 1.807) is 0 Å². The van der Waals surface area contributed by atoms with Crippen LogP contribution in [0.3, 0.4) is 0 Å². The second-order valence-electron chi connectivity index (χ2n) is 6.99. The number of rotatable bonds is 2. The number of piperazine rings is 1. The Morgan fingerprint density at radius 1 is 1.19 bits per heavy atom. The van der Waals surface area contributed by atoms with E-state index in [2.05, 4.69) is 44.8 Å². The molecule has 0 amide bonds. The maximum absolute atomic E-state index is 3.77. The van der Waals surface area contributed by atoms with Crippen molar-refractivity contribution >= 4 is 0 Å². The number of nitrogens with one attached hydrogen (secondary N) is 1. The van der Waals surface area contributed by atoms with E-state index in [0.29, 0.717) is 11.6 Å². The first-order valence-corrected chi connectivity index (χ1v) is 6.89. The van der Waals surface area contributed by atoms with Gasteiger partial charge >= 0.3 is 0 Å². The monoisotopic (exact) mass is 224 g/mol. The van der Waals surface area contributed by atoms with Crippen molar-refractivity contribution in [2.75, 3.05) is 13.1 Å². The summed E-state index contributed by atoms with van der Waals surface area (Å²) >= 11 is 0. The molecule has 16 heavy (non-hydrogen) atoms. The Bertz CT molecular complexity index is 238. The second kappa shape index (κ2) is 4.30. The molecule has 1 saturated carbocycles. The Balaban J connectivity index is 2.05. The predicted octanol–water partition coefficient (Wildman–Crippen LogP) is 2.49. The molecule has 0 aromatic rings. The van der Waals surface area contributed by atoms with E-state index in [1.165, 1.54) is 25.9 Å². The molecule has 1 heterocycles. The minimum atomic E-state index is 0.310. The molecule has 2 unspecified atom stereocenters. The third-order valence-corrected chi connectivity index (χ3v) is 4.21. The van der Waals surface area contributed by atoms with Gasteiger partial charge in [0.25, 0.3) is 0 Å². The zero-order chi connectivity index (χ0) is 11.9. The summed E-state index contributed by atoms with van der Waals surface area (Å²) in [5.74, 6) is 1.71. The molecule has 1 aliphatic carbocycles. The van der Waals surface area contributed by atoms with Gasteiger partial charge in [-0.1, -0.05) is 13.8 Å². The molecule has 0 aromatic carbocycles. The lowest BCUT2D eigenvalue weighted by atomic mass is 9.91. The molecular formula is C14H28N2. The lowest BCUT2D eigenvalue weighted by Gasteiger charge is -2.49. The fourth-order valence-corrected chi connectivity index (χ4v) is 2.98. The van der Waals surface area contributed by atoms with Crippen LogP contribution in [0.2, 0.25) is 0 Å². The van der Waals surface area contributed by atoms with E-state index in [0.717, 1.165) is 17.9 Å². The van der Waals surface area contributed by atoms with Crippen LogP contribution in [0.4, 0.5) is 0 Å². The van der Waals surface area contributed by atoms with Gasteiger partial charge in [0.15, 0.2) is 0 Å². The molecule has 0 aromatic heterocycles. The van der Waals surface area contributed by atoms with Crippen LogP contribution in [0.15, 0.2) is 0 Å². The summed E-state index contributed by atoms with van der Waals surface area (Å²) in [6.07, 6.45) is 2.89. The molecule has 2 heteroatoms. The van der Waals surface area contributed by atoms with Crippen LogP contribution >= 0.6 is 0 Å². The molecule has 1 aliphatic heterocycles. The molecule has 2 rings (SSSR count). The van der Waals surface area contributed by atoms with Crippen molar-refractivity contribution in [3.63, 3.8) is 0 Å². The van der Waals surface area contributed by atoms with E-state index in [4.69, 9.17) is 0 Å². The third kappa shape index (κ3) is 2.60. The second-order valence-corrected chi connectivity index (χ2v) is 6.99. The van der Waals surface area contributed by atoms with Gasteiger partial charge in [0.2, 0.25) is 0 Å². The Morgan fingerprint density at radius 2 is 1.81 bits per heavy atom. The molecule has 2 fully saturated rings. The maximum atomic E-state index is 3.77. The molecule has 0 spiro atoms. The van der Waals surface area contributed by atoms with Gasteiger partial charge in [-0.15, -0.1) is 0 Å². The van der Waals surface area contributed by atoms with Gasteiger partial charge in [0.1, 0.15) is 0 Å². The van der Waals surface area contributed by atoms with Crippen LogP contribution < -0.4 is 5.32 Å². The normalized spacial score (nSPS) is 33.4. The summed E-state index contributed by atoms with van der Waals surface area (Å²) in [5, 5.41) is 3.77. The van der Waals surface area contributed by atoms with Crippen molar-refractivity contribution in [3.05, 3.63) is 0 Å². The van der Waals surface area contributed by atoms with Gasteiger partial charge < -0.3 is 5.32 Å². The largest absolute Gasteiger partial charge is 0.311 e. The zero-order valence-electron chi connectivity index (χ0n) is 11.6. The van der Waals surface area contributed by atoms with E-state index in [1.807, 2.05) is 0 Å². The molecule has 2 aliphatic rings. The molecule has 94 valence electrons. The van der Waals surface area contributed by atoms with Gasteiger partial charge in [0.05, 0.1) is 0 Å². The highest BCUT2D eigenvalue weighted by Crippen LogP contribution is 2.36. The molecule has 2 atom stereocenters. The van der Waals surface area contributed by atoms with E-state index >= 15 is 0 Å². The predicted molar refractivity (Wildman–Crippen MR) is 69.6 cm³/mol. The highest BCUT2D eigenvalue weighted by Gasteiger charge is 2.41. The average Bonchev–Trinajstić information content (AvgIpc) is 2.98. The maximum Gasteiger partial charge on any atom is 0.0249 e. The summed E-state index contributed by atoms with van der Waals surface area (Å²) in [6.45, 7) is 14.2. The quantitative estimate of drug-likeness (QED) is 0.775. The van der Waals surface area contributed by atoms with Gasteiger partial charge in [-0.25, -0.2) is 0 Å². The van der Waals surface area contributed by atoms with Crippen molar-refractivity contribution in [1.29, 1.82) is 0 Å². The number of hydrogen-bond donors (Lipinski definition) is 1. The van der Waals surface area contributed by atoms with Crippen molar-refractivity contribution in [2.24, 2.45) is 11.8 Å². The van der Waals surface area contributed by atoms with Crippen LogP contribution in [0.25, 0.3) is 0 Å². The van der Waals surface area contributed by atoms with Crippen LogP contribution in [-0.4, -0.2) is 35.6 Å². The average molecular weight is 224 g/mol. The number of hydrogen-bond acceptors (Lipinski definition) is 2. The van der Waals surface area contributed by atoms with Crippen LogP contribution in [0.1, 0.15) is 47.5 Å². The van der Waals surface area contributed by atoms with Crippen molar-refractivity contribution in [2.45, 2.75) is 65.1 Å². The van der Waals surface area contributed by atoms with Gasteiger partial charge in [-0.3, -0.25) is 4.90 Å². The molecular weight excluding hydrogens is 196 g/mol. The lowest BCUT2D eigenvalue weighted by Crippen LogP contribution is -2.63. The van der Waals surface area contributed by atoms with Crippen LogP contribution in [0, 0.1) is 11.8 Å². The summed E-state index contributed by atoms with van der Waals surface area (Å²) < 4.78 is 0. The van der Waals surface area contributed by atoms with Crippen molar-refractivity contribution in [1.82, 2.24) is 10.2 Å². The topological polar surface area (TPSA) is 15.3 Å². The number of nitrogens with zero attached hydrogens (tertiary/aromatic N) is 1. The molecule has 2 nitrogen and oxygen atoms in total.